The zero-order valence-corrected chi connectivity index (χ0v) is 11.7. The Morgan fingerprint density at radius 3 is 1.81 bits per heavy atom. The van der Waals surface area contributed by atoms with Crippen molar-refractivity contribution < 1.29 is 9.59 Å². The monoisotopic (exact) mass is 279 g/mol. The van der Waals surface area contributed by atoms with Crippen LogP contribution in [-0.2, 0) is 9.59 Å². The Balaban J connectivity index is 2.01. The van der Waals surface area contributed by atoms with Crippen molar-refractivity contribution >= 4 is 11.7 Å². The highest BCUT2D eigenvalue weighted by atomic mass is 16.2. The molecule has 2 aromatic carbocycles. The van der Waals surface area contributed by atoms with Crippen LogP contribution in [0.25, 0.3) is 0 Å². The highest BCUT2D eigenvalue weighted by Gasteiger charge is 2.31. The van der Waals surface area contributed by atoms with Gasteiger partial charge in [0.1, 0.15) is 5.78 Å². The maximum Gasteiger partial charge on any atom is 0.230 e. The second-order valence-corrected chi connectivity index (χ2v) is 5.28. The maximum atomic E-state index is 12.3. The standard InChI is InChI=1S/C18H17NO2/c20-16-11-12-19(17(21)13-16)18(14-7-3-1-4-8-14)15-9-5-2-6-10-15/h1-10,18H,11-13H2. The van der Waals surface area contributed by atoms with Crippen molar-refractivity contribution in [3.05, 3.63) is 71.8 Å². The molecule has 0 atom stereocenters. The van der Waals surface area contributed by atoms with E-state index >= 15 is 0 Å². The molecule has 0 bridgehead atoms. The lowest BCUT2D eigenvalue weighted by Gasteiger charge is -2.35. The minimum atomic E-state index is -0.118. The van der Waals surface area contributed by atoms with Crippen LogP contribution >= 0.6 is 0 Å². The van der Waals surface area contributed by atoms with Gasteiger partial charge in [0.15, 0.2) is 0 Å². The fraction of sp³-hybridized carbons (Fsp3) is 0.222. The predicted molar refractivity (Wildman–Crippen MR) is 80.7 cm³/mol. The highest BCUT2D eigenvalue weighted by molar-refractivity contribution is 6.00. The number of hydrogen-bond donors (Lipinski definition) is 0. The molecule has 0 unspecified atom stereocenters. The summed E-state index contributed by atoms with van der Waals surface area (Å²) >= 11 is 0. The van der Waals surface area contributed by atoms with Gasteiger partial charge < -0.3 is 4.90 Å². The molecule has 1 aliphatic heterocycles. The van der Waals surface area contributed by atoms with Gasteiger partial charge in [-0.05, 0) is 11.1 Å². The number of amides is 1. The number of carbonyl (C=O) groups is 2. The van der Waals surface area contributed by atoms with E-state index in [4.69, 9.17) is 0 Å². The third-order valence-corrected chi connectivity index (χ3v) is 3.84. The predicted octanol–water partition coefficient (Wildman–Crippen LogP) is 2.97. The zero-order chi connectivity index (χ0) is 14.7. The SMILES string of the molecule is O=C1CCN(C(c2ccccc2)c2ccccc2)C(=O)C1. The molecule has 21 heavy (non-hydrogen) atoms. The molecule has 1 fully saturated rings. The van der Waals surface area contributed by atoms with Crippen molar-refractivity contribution in [2.45, 2.75) is 18.9 Å². The Hall–Kier alpha value is -2.42. The summed E-state index contributed by atoms with van der Waals surface area (Å²) in [7, 11) is 0. The van der Waals surface area contributed by atoms with Crippen LogP contribution in [0.3, 0.4) is 0 Å². The molecule has 0 radical (unpaired) electrons. The van der Waals surface area contributed by atoms with Gasteiger partial charge in [0.05, 0.1) is 12.5 Å². The molecule has 1 aliphatic rings. The topological polar surface area (TPSA) is 37.4 Å². The van der Waals surface area contributed by atoms with Gasteiger partial charge in [0.2, 0.25) is 5.91 Å². The summed E-state index contributed by atoms with van der Waals surface area (Å²) in [5, 5.41) is 0. The van der Waals surface area contributed by atoms with Gasteiger partial charge in [-0.3, -0.25) is 9.59 Å². The molecule has 106 valence electrons. The summed E-state index contributed by atoms with van der Waals surface area (Å²) in [4.78, 5) is 25.6. The van der Waals surface area contributed by atoms with Crippen molar-refractivity contribution in [2.75, 3.05) is 6.54 Å². The van der Waals surface area contributed by atoms with Gasteiger partial charge in [-0.2, -0.15) is 0 Å². The first-order chi connectivity index (χ1) is 10.3. The minimum absolute atomic E-state index is 0.0240. The number of Topliss-reactive ketones (excluding diaryl/α,β-unsaturated/α-hetero) is 1. The first-order valence-corrected chi connectivity index (χ1v) is 7.17. The van der Waals surface area contributed by atoms with Crippen molar-refractivity contribution in [3.8, 4) is 0 Å². The normalized spacial score (nSPS) is 15.6. The molecule has 0 spiro atoms. The third kappa shape index (κ3) is 2.87. The summed E-state index contributed by atoms with van der Waals surface area (Å²) in [6.07, 6.45) is 0.470. The molecule has 1 heterocycles. The fourth-order valence-corrected chi connectivity index (χ4v) is 2.82. The van der Waals surface area contributed by atoms with Crippen LogP contribution in [0.1, 0.15) is 30.0 Å². The Bertz CT molecular complexity index is 597. The van der Waals surface area contributed by atoms with Crippen LogP contribution in [0.4, 0.5) is 0 Å². The van der Waals surface area contributed by atoms with Crippen molar-refractivity contribution in [1.82, 2.24) is 4.90 Å². The maximum absolute atomic E-state index is 12.3. The van der Waals surface area contributed by atoms with Gasteiger partial charge in [-0.1, -0.05) is 60.7 Å². The Labute approximate surface area is 124 Å². The fourth-order valence-electron chi connectivity index (χ4n) is 2.82. The lowest BCUT2D eigenvalue weighted by Crippen LogP contribution is -2.41. The number of piperidine rings is 1. The van der Waals surface area contributed by atoms with Crippen LogP contribution in [0.5, 0.6) is 0 Å². The van der Waals surface area contributed by atoms with Gasteiger partial charge in [-0.25, -0.2) is 0 Å². The number of carbonyl (C=O) groups excluding carboxylic acids is 2. The van der Waals surface area contributed by atoms with Crippen molar-refractivity contribution in [3.63, 3.8) is 0 Å². The van der Waals surface area contributed by atoms with E-state index in [0.29, 0.717) is 13.0 Å². The number of hydrogen-bond acceptors (Lipinski definition) is 2. The second-order valence-electron chi connectivity index (χ2n) is 5.28. The highest BCUT2D eigenvalue weighted by Crippen LogP contribution is 2.30. The molecular formula is C18H17NO2. The molecule has 0 N–H and O–H groups in total. The summed E-state index contributed by atoms with van der Waals surface area (Å²) in [6.45, 7) is 0.492. The number of rotatable bonds is 3. The third-order valence-electron chi connectivity index (χ3n) is 3.84. The molecule has 2 aromatic rings. The van der Waals surface area contributed by atoms with Gasteiger partial charge in [0, 0.05) is 13.0 Å². The molecule has 1 amide bonds. The molecule has 3 heteroatoms. The largest absolute Gasteiger partial charge is 0.331 e. The lowest BCUT2D eigenvalue weighted by atomic mass is 9.94. The number of ketones is 1. The molecule has 1 saturated heterocycles. The summed E-state index contributed by atoms with van der Waals surface area (Å²) < 4.78 is 0. The lowest BCUT2D eigenvalue weighted by molar-refractivity contribution is -0.140. The van der Waals surface area contributed by atoms with E-state index < -0.39 is 0 Å². The van der Waals surface area contributed by atoms with Gasteiger partial charge in [-0.15, -0.1) is 0 Å². The quantitative estimate of drug-likeness (QED) is 0.810. The van der Waals surface area contributed by atoms with Crippen LogP contribution in [-0.4, -0.2) is 23.1 Å². The number of benzene rings is 2. The van der Waals surface area contributed by atoms with E-state index in [2.05, 4.69) is 0 Å². The van der Waals surface area contributed by atoms with Crippen LogP contribution in [0.2, 0.25) is 0 Å². The minimum Gasteiger partial charge on any atom is -0.331 e. The molecular weight excluding hydrogens is 262 g/mol. The molecule has 3 rings (SSSR count). The molecule has 0 saturated carbocycles. The Morgan fingerprint density at radius 2 is 1.33 bits per heavy atom. The van der Waals surface area contributed by atoms with Gasteiger partial charge >= 0.3 is 0 Å². The Kier molecular flexibility index (Phi) is 3.82. The summed E-state index contributed by atoms with van der Waals surface area (Å²) in [5.74, 6) is -0.0416. The Morgan fingerprint density at radius 1 is 0.810 bits per heavy atom. The molecule has 3 nitrogen and oxygen atoms in total. The van der Waals surface area contributed by atoms with E-state index in [1.54, 1.807) is 0 Å². The summed E-state index contributed by atoms with van der Waals surface area (Å²) in [5.41, 5.74) is 2.15. The van der Waals surface area contributed by atoms with Crippen LogP contribution in [0, 0.1) is 0 Å². The van der Waals surface area contributed by atoms with E-state index in [-0.39, 0.29) is 24.2 Å². The van der Waals surface area contributed by atoms with Crippen molar-refractivity contribution in [1.29, 1.82) is 0 Å². The average Bonchev–Trinajstić information content (AvgIpc) is 2.52. The second kappa shape index (κ2) is 5.92. The van der Waals surface area contributed by atoms with E-state index in [0.717, 1.165) is 11.1 Å². The molecule has 0 aliphatic carbocycles. The van der Waals surface area contributed by atoms with E-state index in [1.165, 1.54) is 0 Å². The van der Waals surface area contributed by atoms with Gasteiger partial charge in [0.25, 0.3) is 0 Å². The first-order valence-electron chi connectivity index (χ1n) is 7.17. The number of likely N-dealkylation sites (tertiary alicyclic amines) is 1. The summed E-state index contributed by atoms with van der Waals surface area (Å²) in [6, 6.07) is 19.8. The molecule has 0 aromatic heterocycles. The first kappa shape index (κ1) is 13.6. The average molecular weight is 279 g/mol. The zero-order valence-electron chi connectivity index (χ0n) is 11.7. The van der Waals surface area contributed by atoms with E-state index in [1.807, 2.05) is 65.6 Å². The van der Waals surface area contributed by atoms with E-state index in [9.17, 15) is 9.59 Å². The van der Waals surface area contributed by atoms with Crippen LogP contribution < -0.4 is 0 Å². The van der Waals surface area contributed by atoms with Crippen molar-refractivity contribution in [2.24, 2.45) is 0 Å². The smallest absolute Gasteiger partial charge is 0.230 e. The van der Waals surface area contributed by atoms with Crippen LogP contribution in [0.15, 0.2) is 60.7 Å². The number of nitrogens with zero attached hydrogens (tertiary/aromatic N) is 1.